The third-order valence-electron chi connectivity index (χ3n) is 3.91. The van der Waals surface area contributed by atoms with Crippen molar-refractivity contribution in [1.82, 2.24) is 15.1 Å². The van der Waals surface area contributed by atoms with Crippen LogP contribution in [0.3, 0.4) is 0 Å². The molecule has 1 atom stereocenters. The van der Waals surface area contributed by atoms with E-state index in [4.69, 9.17) is 5.10 Å². The molecule has 1 unspecified atom stereocenters. The van der Waals surface area contributed by atoms with Gasteiger partial charge >= 0.3 is 0 Å². The van der Waals surface area contributed by atoms with E-state index in [-0.39, 0.29) is 6.04 Å². The monoisotopic (exact) mass is 335 g/mol. The van der Waals surface area contributed by atoms with E-state index in [2.05, 4.69) is 71.8 Å². The number of halogens is 1. The quantitative estimate of drug-likeness (QED) is 0.911. The Hall–Kier alpha value is -1.13. The molecule has 0 saturated heterocycles. The van der Waals surface area contributed by atoms with Crippen LogP contribution in [-0.4, -0.2) is 16.8 Å². The van der Waals surface area contributed by atoms with Crippen molar-refractivity contribution in [2.45, 2.75) is 40.2 Å². The van der Waals surface area contributed by atoms with Crippen molar-refractivity contribution in [3.05, 3.63) is 45.2 Å². The maximum Gasteiger partial charge on any atom is 0.0697 e. The summed E-state index contributed by atoms with van der Waals surface area (Å²) in [7, 11) is 1.98. The Bertz CT molecular complexity index is 616. The molecule has 1 aromatic carbocycles. The first-order valence-electron chi connectivity index (χ1n) is 7.01. The largest absolute Gasteiger partial charge is 0.313 e. The lowest BCUT2D eigenvalue weighted by Gasteiger charge is -2.17. The molecule has 0 saturated carbocycles. The highest BCUT2D eigenvalue weighted by atomic mass is 79.9. The van der Waals surface area contributed by atoms with E-state index < -0.39 is 0 Å². The van der Waals surface area contributed by atoms with Gasteiger partial charge in [0.1, 0.15) is 0 Å². The summed E-state index contributed by atoms with van der Waals surface area (Å²) in [5.41, 5.74) is 6.09. The Labute approximate surface area is 129 Å². The number of nitrogens with one attached hydrogen (secondary N) is 1. The Morgan fingerprint density at radius 1 is 1.35 bits per heavy atom. The summed E-state index contributed by atoms with van der Waals surface area (Å²) >= 11 is 3.56. The highest BCUT2D eigenvalue weighted by Gasteiger charge is 2.16. The molecule has 108 valence electrons. The second kappa shape index (κ2) is 6.10. The fraction of sp³-hybridized carbons (Fsp3) is 0.438. The molecule has 0 fully saturated rings. The summed E-state index contributed by atoms with van der Waals surface area (Å²) in [5, 5.41) is 8.04. The molecule has 20 heavy (non-hydrogen) atoms. The Balaban J connectivity index is 2.63. The van der Waals surface area contributed by atoms with Crippen molar-refractivity contribution in [3.63, 3.8) is 0 Å². The first-order chi connectivity index (χ1) is 9.49. The second-order valence-electron chi connectivity index (χ2n) is 5.13. The maximum absolute atomic E-state index is 4.73. The molecule has 0 radical (unpaired) electrons. The molecular weight excluding hydrogens is 314 g/mol. The molecular formula is C16H22BrN3. The van der Waals surface area contributed by atoms with Crippen LogP contribution >= 0.6 is 15.9 Å². The number of aromatic nitrogens is 2. The van der Waals surface area contributed by atoms with Crippen molar-refractivity contribution in [1.29, 1.82) is 0 Å². The van der Waals surface area contributed by atoms with Crippen LogP contribution in [0.1, 0.15) is 42.4 Å². The Morgan fingerprint density at radius 3 is 2.60 bits per heavy atom. The molecule has 0 spiro atoms. The van der Waals surface area contributed by atoms with Gasteiger partial charge in [-0.3, -0.25) is 0 Å². The lowest BCUT2D eigenvalue weighted by atomic mass is 10.1. The van der Waals surface area contributed by atoms with Gasteiger partial charge in [0.15, 0.2) is 0 Å². The van der Waals surface area contributed by atoms with Gasteiger partial charge in [0.05, 0.1) is 11.4 Å². The first-order valence-corrected chi connectivity index (χ1v) is 7.81. The Kier molecular flexibility index (Phi) is 4.66. The van der Waals surface area contributed by atoms with Crippen LogP contribution < -0.4 is 5.32 Å². The SMILES string of the molecule is CCc1c(C)nn(-c2ccc(Br)cc2C(C)NC)c1C. The van der Waals surface area contributed by atoms with Gasteiger partial charge in [-0.2, -0.15) is 5.10 Å². The van der Waals surface area contributed by atoms with E-state index in [9.17, 15) is 0 Å². The molecule has 0 aliphatic heterocycles. The molecule has 1 N–H and O–H groups in total. The predicted molar refractivity (Wildman–Crippen MR) is 87.6 cm³/mol. The van der Waals surface area contributed by atoms with Crippen molar-refractivity contribution in [3.8, 4) is 5.69 Å². The van der Waals surface area contributed by atoms with E-state index in [0.717, 1.165) is 22.3 Å². The minimum Gasteiger partial charge on any atom is -0.313 e. The van der Waals surface area contributed by atoms with Crippen molar-refractivity contribution >= 4 is 15.9 Å². The topological polar surface area (TPSA) is 29.9 Å². The molecule has 0 bridgehead atoms. The van der Waals surface area contributed by atoms with E-state index in [1.807, 2.05) is 7.05 Å². The number of hydrogen-bond donors (Lipinski definition) is 1. The predicted octanol–water partition coefficient (Wildman–Crippen LogP) is 4.09. The van der Waals surface area contributed by atoms with Crippen LogP contribution in [0.15, 0.2) is 22.7 Å². The van der Waals surface area contributed by atoms with Crippen LogP contribution in [-0.2, 0) is 6.42 Å². The molecule has 0 aliphatic carbocycles. The lowest BCUT2D eigenvalue weighted by molar-refractivity contribution is 0.642. The van der Waals surface area contributed by atoms with E-state index in [1.165, 1.54) is 16.8 Å². The first kappa shape index (κ1) is 15.3. The fourth-order valence-electron chi connectivity index (χ4n) is 2.64. The van der Waals surface area contributed by atoms with Crippen molar-refractivity contribution < 1.29 is 0 Å². The number of hydrogen-bond acceptors (Lipinski definition) is 2. The number of aryl methyl sites for hydroxylation is 1. The fourth-order valence-corrected chi connectivity index (χ4v) is 3.02. The van der Waals surface area contributed by atoms with Gasteiger partial charge in [-0.15, -0.1) is 0 Å². The molecule has 2 aromatic rings. The summed E-state index contributed by atoms with van der Waals surface area (Å²) in [5.74, 6) is 0. The average Bonchev–Trinajstić information content (AvgIpc) is 2.72. The minimum atomic E-state index is 0.275. The molecule has 4 heteroatoms. The van der Waals surface area contributed by atoms with Gasteiger partial charge in [-0.05, 0) is 63.6 Å². The summed E-state index contributed by atoms with van der Waals surface area (Å²) in [6.07, 6.45) is 1.02. The number of rotatable bonds is 4. The zero-order valence-electron chi connectivity index (χ0n) is 12.8. The van der Waals surface area contributed by atoms with Gasteiger partial charge in [0, 0.05) is 16.2 Å². The maximum atomic E-state index is 4.73. The molecule has 3 nitrogen and oxygen atoms in total. The summed E-state index contributed by atoms with van der Waals surface area (Å²) in [4.78, 5) is 0. The van der Waals surface area contributed by atoms with Gasteiger partial charge in [0.2, 0.25) is 0 Å². The summed E-state index contributed by atoms with van der Waals surface area (Å²) < 4.78 is 3.17. The van der Waals surface area contributed by atoms with Gasteiger partial charge in [-0.1, -0.05) is 22.9 Å². The van der Waals surface area contributed by atoms with E-state index in [0.29, 0.717) is 0 Å². The van der Waals surface area contributed by atoms with E-state index in [1.54, 1.807) is 0 Å². The molecule has 2 rings (SSSR count). The van der Waals surface area contributed by atoms with Crippen LogP contribution in [0.4, 0.5) is 0 Å². The van der Waals surface area contributed by atoms with Crippen LogP contribution in [0.2, 0.25) is 0 Å². The van der Waals surface area contributed by atoms with Crippen molar-refractivity contribution in [2.75, 3.05) is 7.05 Å². The Morgan fingerprint density at radius 2 is 2.05 bits per heavy atom. The summed E-state index contributed by atoms with van der Waals surface area (Å²) in [6.45, 7) is 8.58. The molecule has 1 aromatic heterocycles. The standard InChI is InChI=1S/C16H22BrN3/c1-6-14-11(3)19-20(12(14)4)16-8-7-13(17)9-15(16)10(2)18-5/h7-10,18H,6H2,1-5H3. The number of nitrogens with zero attached hydrogens (tertiary/aromatic N) is 2. The zero-order valence-corrected chi connectivity index (χ0v) is 14.4. The summed E-state index contributed by atoms with van der Waals surface area (Å²) in [6, 6.07) is 6.64. The van der Waals surface area contributed by atoms with Crippen LogP contribution in [0.25, 0.3) is 5.69 Å². The van der Waals surface area contributed by atoms with Gasteiger partial charge in [-0.25, -0.2) is 4.68 Å². The van der Waals surface area contributed by atoms with Crippen LogP contribution in [0.5, 0.6) is 0 Å². The van der Waals surface area contributed by atoms with Crippen LogP contribution in [0, 0.1) is 13.8 Å². The third-order valence-corrected chi connectivity index (χ3v) is 4.41. The van der Waals surface area contributed by atoms with Crippen molar-refractivity contribution in [2.24, 2.45) is 0 Å². The third kappa shape index (κ3) is 2.67. The van der Waals surface area contributed by atoms with Gasteiger partial charge in [0.25, 0.3) is 0 Å². The van der Waals surface area contributed by atoms with E-state index >= 15 is 0 Å². The molecule has 0 amide bonds. The minimum absolute atomic E-state index is 0.275. The lowest BCUT2D eigenvalue weighted by Crippen LogP contribution is -2.16. The normalized spacial score (nSPS) is 12.7. The highest BCUT2D eigenvalue weighted by Crippen LogP contribution is 2.27. The average molecular weight is 336 g/mol. The molecule has 1 heterocycles. The zero-order chi connectivity index (χ0) is 14.9. The van der Waals surface area contributed by atoms with Gasteiger partial charge < -0.3 is 5.32 Å². The highest BCUT2D eigenvalue weighted by molar-refractivity contribution is 9.10. The smallest absolute Gasteiger partial charge is 0.0697 e. The molecule has 0 aliphatic rings. The number of benzene rings is 1. The second-order valence-corrected chi connectivity index (χ2v) is 6.04.